The van der Waals surface area contributed by atoms with E-state index in [9.17, 15) is 5.11 Å². The van der Waals surface area contributed by atoms with Crippen molar-refractivity contribution in [2.75, 3.05) is 18.4 Å². The van der Waals surface area contributed by atoms with Crippen LogP contribution in [0.2, 0.25) is 0 Å². The first-order chi connectivity index (χ1) is 12.3. The Balaban J connectivity index is 2.11. The van der Waals surface area contributed by atoms with E-state index in [0.717, 1.165) is 38.4 Å². The number of anilines is 1. The van der Waals surface area contributed by atoms with Crippen LogP contribution < -0.4 is 11.1 Å². The van der Waals surface area contributed by atoms with Gasteiger partial charge in [-0.25, -0.2) is 0 Å². The molecule has 0 radical (unpaired) electrons. The number of fused-ring (bicyclic) bond motifs is 2. The first-order valence-corrected chi connectivity index (χ1v) is 8.46. The average Bonchev–Trinajstić information content (AvgIpc) is 2.66. The maximum atomic E-state index is 10.7. The Morgan fingerprint density at radius 3 is 2.00 bits per heavy atom. The summed E-state index contributed by atoms with van der Waals surface area (Å²) in [6.07, 6.45) is 0. The summed E-state index contributed by atoms with van der Waals surface area (Å²) in [5.74, 6) is 0.283. The number of phenols is 1. The molecule has 0 bridgehead atoms. The van der Waals surface area contributed by atoms with Crippen LogP contribution in [-0.2, 0) is 0 Å². The van der Waals surface area contributed by atoms with Crippen molar-refractivity contribution in [3.05, 3.63) is 72.8 Å². The van der Waals surface area contributed by atoms with E-state index in [1.807, 2.05) is 30.3 Å². The van der Waals surface area contributed by atoms with Crippen LogP contribution in [0.1, 0.15) is 0 Å². The number of hydrogen-bond donors (Lipinski definition) is 3. The molecular weight excluding hydrogens is 308 g/mol. The Hall–Kier alpha value is -3.04. The summed E-state index contributed by atoms with van der Waals surface area (Å²) in [5.41, 5.74) is 8.54. The van der Waals surface area contributed by atoms with Crippen LogP contribution in [0.5, 0.6) is 5.75 Å². The van der Waals surface area contributed by atoms with Gasteiger partial charge in [-0.15, -0.1) is 0 Å². The van der Waals surface area contributed by atoms with Crippen molar-refractivity contribution in [1.82, 2.24) is 0 Å². The van der Waals surface area contributed by atoms with Crippen molar-refractivity contribution in [1.29, 1.82) is 0 Å². The van der Waals surface area contributed by atoms with Gasteiger partial charge in [0.1, 0.15) is 5.75 Å². The molecule has 124 valence electrons. The van der Waals surface area contributed by atoms with Crippen molar-refractivity contribution in [3.63, 3.8) is 0 Å². The largest absolute Gasteiger partial charge is 0.507 e. The van der Waals surface area contributed by atoms with Gasteiger partial charge in [-0.2, -0.15) is 0 Å². The molecule has 0 amide bonds. The molecule has 0 aliphatic rings. The van der Waals surface area contributed by atoms with Gasteiger partial charge in [0.05, 0.1) is 0 Å². The van der Waals surface area contributed by atoms with Gasteiger partial charge in [-0.1, -0.05) is 60.7 Å². The third-order valence-electron chi connectivity index (χ3n) is 4.55. The van der Waals surface area contributed by atoms with Crippen LogP contribution >= 0.6 is 0 Å². The average molecular weight is 328 g/mol. The van der Waals surface area contributed by atoms with Crippen molar-refractivity contribution < 1.29 is 5.11 Å². The van der Waals surface area contributed by atoms with E-state index in [-0.39, 0.29) is 5.75 Å². The number of hydrogen-bond acceptors (Lipinski definition) is 3. The van der Waals surface area contributed by atoms with Gasteiger partial charge in [-0.3, -0.25) is 0 Å². The second-order valence-corrected chi connectivity index (χ2v) is 6.11. The standard InChI is InChI=1S/C22H20N2O/c23-13-14-24-19-11-9-15-5-1-3-7-17(15)21(19)22-18-8-4-2-6-16(18)10-12-20(22)25/h1-12,24-25H,13-14,23H2. The number of phenolic OH excluding ortho intramolecular Hbond substituents is 1. The highest BCUT2D eigenvalue weighted by molar-refractivity contribution is 6.11. The van der Waals surface area contributed by atoms with E-state index in [1.165, 1.54) is 0 Å². The maximum Gasteiger partial charge on any atom is 0.124 e. The summed E-state index contributed by atoms with van der Waals surface area (Å²) in [4.78, 5) is 0. The SMILES string of the molecule is NCCNc1ccc2ccccc2c1-c1c(O)ccc2ccccc12. The zero-order valence-electron chi connectivity index (χ0n) is 13.9. The lowest BCUT2D eigenvalue weighted by Crippen LogP contribution is -2.13. The van der Waals surface area contributed by atoms with Crippen LogP contribution in [-0.4, -0.2) is 18.2 Å². The summed E-state index contributed by atoms with van der Waals surface area (Å²) in [5, 5.41) is 18.5. The second kappa shape index (κ2) is 6.46. The van der Waals surface area contributed by atoms with Gasteiger partial charge in [0.2, 0.25) is 0 Å². The van der Waals surface area contributed by atoms with Crippen molar-refractivity contribution in [2.24, 2.45) is 5.73 Å². The van der Waals surface area contributed by atoms with E-state index in [1.54, 1.807) is 6.07 Å². The van der Waals surface area contributed by atoms with Crippen LogP contribution in [0.25, 0.3) is 32.7 Å². The summed E-state index contributed by atoms with van der Waals surface area (Å²) in [6, 6.07) is 24.3. The summed E-state index contributed by atoms with van der Waals surface area (Å²) < 4.78 is 0. The number of aromatic hydroxyl groups is 1. The summed E-state index contributed by atoms with van der Waals surface area (Å²) in [6.45, 7) is 1.23. The van der Waals surface area contributed by atoms with E-state index >= 15 is 0 Å². The molecule has 0 unspecified atom stereocenters. The fourth-order valence-electron chi connectivity index (χ4n) is 3.42. The lowest BCUT2D eigenvalue weighted by atomic mass is 9.91. The molecule has 3 nitrogen and oxygen atoms in total. The molecule has 4 aromatic rings. The number of nitrogens with one attached hydrogen (secondary N) is 1. The highest BCUT2D eigenvalue weighted by Gasteiger charge is 2.16. The van der Waals surface area contributed by atoms with Crippen molar-refractivity contribution in [2.45, 2.75) is 0 Å². The van der Waals surface area contributed by atoms with Crippen LogP contribution in [0.3, 0.4) is 0 Å². The van der Waals surface area contributed by atoms with Gasteiger partial charge in [0, 0.05) is 29.9 Å². The Morgan fingerprint density at radius 2 is 1.32 bits per heavy atom. The molecule has 3 heteroatoms. The Labute approximate surface area is 146 Å². The normalized spacial score (nSPS) is 11.1. The fourth-order valence-corrected chi connectivity index (χ4v) is 3.42. The lowest BCUT2D eigenvalue weighted by Gasteiger charge is -2.18. The topological polar surface area (TPSA) is 58.3 Å². The monoisotopic (exact) mass is 328 g/mol. The highest BCUT2D eigenvalue weighted by atomic mass is 16.3. The number of benzene rings is 4. The Kier molecular flexibility index (Phi) is 4.00. The molecule has 0 fully saturated rings. The molecule has 0 saturated heterocycles. The minimum absolute atomic E-state index is 0.283. The predicted octanol–water partition coefficient (Wildman–Crippen LogP) is 4.74. The smallest absolute Gasteiger partial charge is 0.124 e. The molecule has 25 heavy (non-hydrogen) atoms. The van der Waals surface area contributed by atoms with Crippen molar-refractivity contribution >= 4 is 27.2 Å². The van der Waals surface area contributed by atoms with E-state index in [2.05, 4.69) is 41.7 Å². The minimum atomic E-state index is 0.283. The maximum absolute atomic E-state index is 10.7. The predicted molar refractivity (Wildman–Crippen MR) is 106 cm³/mol. The van der Waals surface area contributed by atoms with Crippen molar-refractivity contribution in [3.8, 4) is 16.9 Å². The quantitative estimate of drug-likeness (QED) is 0.507. The molecule has 4 rings (SSSR count). The molecule has 0 saturated carbocycles. The molecule has 0 aliphatic heterocycles. The van der Waals surface area contributed by atoms with Gasteiger partial charge in [-0.05, 0) is 33.7 Å². The van der Waals surface area contributed by atoms with Crippen LogP contribution in [0.4, 0.5) is 5.69 Å². The van der Waals surface area contributed by atoms with Gasteiger partial charge >= 0.3 is 0 Å². The van der Waals surface area contributed by atoms with E-state index in [0.29, 0.717) is 13.1 Å². The minimum Gasteiger partial charge on any atom is -0.507 e. The number of rotatable bonds is 4. The first-order valence-electron chi connectivity index (χ1n) is 8.46. The van der Waals surface area contributed by atoms with Gasteiger partial charge in [0.25, 0.3) is 0 Å². The highest BCUT2D eigenvalue weighted by Crippen LogP contribution is 2.43. The number of nitrogens with two attached hydrogens (primary N) is 1. The fraction of sp³-hybridized carbons (Fsp3) is 0.0909. The molecule has 0 aromatic heterocycles. The zero-order chi connectivity index (χ0) is 17.2. The molecule has 0 atom stereocenters. The van der Waals surface area contributed by atoms with Crippen LogP contribution in [0.15, 0.2) is 72.8 Å². The molecule has 4 aromatic carbocycles. The summed E-state index contributed by atoms with van der Waals surface area (Å²) in [7, 11) is 0. The summed E-state index contributed by atoms with van der Waals surface area (Å²) >= 11 is 0. The van der Waals surface area contributed by atoms with E-state index in [4.69, 9.17) is 5.73 Å². The van der Waals surface area contributed by atoms with Crippen LogP contribution in [0, 0.1) is 0 Å². The third kappa shape index (κ3) is 2.69. The molecule has 0 heterocycles. The Bertz CT molecular complexity index is 1060. The third-order valence-corrected chi connectivity index (χ3v) is 4.55. The lowest BCUT2D eigenvalue weighted by molar-refractivity contribution is 0.478. The first kappa shape index (κ1) is 15.5. The van der Waals surface area contributed by atoms with Gasteiger partial charge in [0.15, 0.2) is 0 Å². The Morgan fingerprint density at radius 1 is 0.720 bits per heavy atom. The van der Waals surface area contributed by atoms with Gasteiger partial charge < -0.3 is 16.2 Å². The molecular formula is C22H20N2O. The second-order valence-electron chi connectivity index (χ2n) is 6.11. The molecule has 4 N–H and O–H groups in total. The van der Waals surface area contributed by atoms with E-state index < -0.39 is 0 Å². The zero-order valence-corrected chi connectivity index (χ0v) is 13.9. The molecule has 0 aliphatic carbocycles. The molecule has 0 spiro atoms.